The van der Waals surface area contributed by atoms with Gasteiger partial charge in [-0.25, -0.2) is 0 Å². The number of amides is 1. The summed E-state index contributed by atoms with van der Waals surface area (Å²) in [7, 11) is 0. The van der Waals surface area contributed by atoms with Crippen LogP contribution in [0.2, 0.25) is 0 Å². The number of hydrogen-bond donors (Lipinski definition) is 2. The second-order valence-electron chi connectivity index (χ2n) is 5.63. The lowest BCUT2D eigenvalue weighted by Gasteiger charge is -2.16. The van der Waals surface area contributed by atoms with Crippen molar-refractivity contribution in [2.24, 2.45) is 0 Å². The van der Waals surface area contributed by atoms with Gasteiger partial charge >= 0.3 is 0 Å². The number of benzene rings is 1. The zero-order valence-electron chi connectivity index (χ0n) is 12.6. The fraction of sp³-hybridized carbons (Fsp3) is 0.588. The average molecular weight is 290 g/mol. The predicted octanol–water partition coefficient (Wildman–Crippen LogP) is 2.28. The maximum absolute atomic E-state index is 10.1. The molecule has 0 bridgehead atoms. The van der Waals surface area contributed by atoms with Gasteiger partial charge in [0.2, 0.25) is 6.41 Å². The van der Waals surface area contributed by atoms with E-state index in [0.29, 0.717) is 19.2 Å². The Labute approximate surface area is 127 Å². The molecule has 116 valence electrons. The van der Waals surface area contributed by atoms with Gasteiger partial charge in [-0.2, -0.15) is 0 Å². The summed E-state index contributed by atoms with van der Waals surface area (Å²) in [6.07, 6.45) is 7.87. The molecule has 1 atom stereocenters. The van der Waals surface area contributed by atoms with Crippen molar-refractivity contribution in [3.8, 4) is 5.75 Å². The minimum Gasteiger partial charge on any atom is -0.494 e. The van der Waals surface area contributed by atoms with Gasteiger partial charge in [-0.05, 0) is 49.9 Å². The Balaban J connectivity index is 1.78. The van der Waals surface area contributed by atoms with Crippen LogP contribution in [0.3, 0.4) is 0 Å². The van der Waals surface area contributed by atoms with Crippen molar-refractivity contribution in [2.45, 2.75) is 44.6 Å². The molecule has 2 N–H and O–H groups in total. The van der Waals surface area contributed by atoms with E-state index in [1.54, 1.807) is 0 Å². The number of carbonyl (C=O) groups excluding carboxylic acids is 1. The molecule has 1 aromatic rings. The summed E-state index contributed by atoms with van der Waals surface area (Å²) in [4.78, 5) is 10.1. The van der Waals surface area contributed by atoms with Crippen LogP contribution >= 0.6 is 0 Å². The summed E-state index contributed by atoms with van der Waals surface area (Å²) in [6.45, 7) is 2.44. The Morgan fingerprint density at radius 1 is 1.33 bits per heavy atom. The third-order valence-corrected chi connectivity index (χ3v) is 3.86. The quantitative estimate of drug-likeness (QED) is 0.570. The van der Waals surface area contributed by atoms with Crippen molar-refractivity contribution in [1.82, 2.24) is 10.6 Å². The first-order valence-electron chi connectivity index (χ1n) is 8.00. The third kappa shape index (κ3) is 6.17. The molecule has 2 rings (SSSR count). The van der Waals surface area contributed by atoms with Crippen LogP contribution in [-0.4, -0.2) is 32.1 Å². The second-order valence-corrected chi connectivity index (χ2v) is 5.63. The summed E-state index contributed by atoms with van der Waals surface area (Å²) in [5.41, 5.74) is 1.33. The van der Waals surface area contributed by atoms with Gasteiger partial charge in [0.05, 0.1) is 6.61 Å². The molecule has 21 heavy (non-hydrogen) atoms. The number of rotatable bonds is 8. The Hall–Kier alpha value is -1.55. The Morgan fingerprint density at radius 2 is 2.29 bits per heavy atom. The monoisotopic (exact) mass is 290 g/mol. The van der Waals surface area contributed by atoms with Crippen molar-refractivity contribution in [3.63, 3.8) is 0 Å². The molecule has 0 saturated carbocycles. The van der Waals surface area contributed by atoms with Crippen molar-refractivity contribution in [2.75, 3.05) is 19.7 Å². The van der Waals surface area contributed by atoms with Gasteiger partial charge < -0.3 is 15.4 Å². The summed E-state index contributed by atoms with van der Waals surface area (Å²) in [5, 5.41) is 6.27. The van der Waals surface area contributed by atoms with Crippen LogP contribution in [0.15, 0.2) is 24.3 Å². The lowest BCUT2D eigenvalue weighted by atomic mass is 10.0. The van der Waals surface area contributed by atoms with Crippen LogP contribution in [0.25, 0.3) is 0 Å². The first-order valence-corrected chi connectivity index (χ1v) is 8.00. The van der Waals surface area contributed by atoms with E-state index in [-0.39, 0.29) is 0 Å². The van der Waals surface area contributed by atoms with Crippen molar-refractivity contribution in [1.29, 1.82) is 0 Å². The molecule has 1 aromatic carbocycles. The summed E-state index contributed by atoms with van der Waals surface area (Å²) >= 11 is 0. The molecule has 4 heteroatoms. The maximum Gasteiger partial charge on any atom is 0.207 e. The van der Waals surface area contributed by atoms with Crippen LogP contribution in [0.1, 0.15) is 37.7 Å². The van der Waals surface area contributed by atoms with Crippen LogP contribution < -0.4 is 15.4 Å². The molecule has 1 heterocycles. The van der Waals surface area contributed by atoms with Crippen molar-refractivity contribution in [3.05, 3.63) is 29.8 Å². The van der Waals surface area contributed by atoms with E-state index in [4.69, 9.17) is 4.74 Å². The molecular weight excluding hydrogens is 264 g/mol. The van der Waals surface area contributed by atoms with Crippen LogP contribution in [0.5, 0.6) is 5.75 Å². The standard InChI is InChI=1S/C17H26N2O2/c20-14-18-9-5-11-21-17-8-4-6-15(13-17)12-16-7-2-1-3-10-19-16/h4,6,8,13-14,16,19H,1-3,5,7,9-12H2,(H,18,20). The first-order chi connectivity index (χ1) is 10.4. The predicted molar refractivity (Wildman–Crippen MR) is 84.6 cm³/mol. The summed E-state index contributed by atoms with van der Waals surface area (Å²) < 4.78 is 5.73. The molecule has 1 amide bonds. The highest BCUT2D eigenvalue weighted by atomic mass is 16.5. The average Bonchev–Trinajstić information content (AvgIpc) is 2.76. The molecule has 1 aliphatic rings. The molecule has 0 radical (unpaired) electrons. The van der Waals surface area contributed by atoms with Gasteiger partial charge in [0.15, 0.2) is 0 Å². The number of nitrogens with one attached hydrogen (secondary N) is 2. The van der Waals surface area contributed by atoms with E-state index < -0.39 is 0 Å². The van der Waals surface area contributed by atoms with Crippen LogP contribution in [-0.2, 0) is 11.2 Å². The van der Waals surface area contributed by atoms with E-state index in [2.05, 4.69) is 28.8 Å². The Bertz CT molecular complexity index is 415. The van der Waals surface area contributed by atoms with Gasteiger partial charge in [0, 0.05) is 12.6 Å². The van der Waals surface area contributed by atoms with Crippen LogP contribution in [0, 0.1) is 0 Å². The Kier molecular flexibility index (Phi) is 7.08. The Morgan fingerprint density at radius 3 is 3.19 bits per heavy atom. The molecule has 1 unspecified atom stereocenters. The molecule has 4 nitrogen and oxygen atoms in total. The number of ether oxygens (including phenoxy) is 1. The minimum absolute atomic E-state index is 0.597. The largest absolute Gasteiger partial charge is 0.494 e. The van der Waals surface area contributed by atoms with Gasteiger partial charge in [0.1, 0.15) is 5.75 Å². The van der Waals surface area contributed by atoms with Gasteiger partial charge in [-0.1, -0.05) is 25.0 Å². The zero-order chi connectivity index (χ0) is 14.8. The maximum atomic E-state index is 10.1. The van der Waals surface area contributed by atoms with Crippen molar-refractivity contribution >= 4 is 6.41 Å². The molecule has 1 fully saturated rings. The van der Waals surface area contributed by atoms with E-state index >= 15 is 0 Å². The van der Waals surface area contributed by atoms with E-state index in [1.165, 1.54) is 31.2 Å². The molecule has 1 saturated heterocycles. The van der Waals surface area contributed by atoms with E-state index in [1.807, 2.05) is 6.07 Å². The molecule has 0 spiro atoms. The topological polar surface area (TPSA) is 50.4 Å². The SMILES string of the molecule is O=CNCCCOc1cccc(CC2CCCCCN2)c1. The lowest BCUT2D eigenvalue weighted by Crippen LogP contribution is -2.30. The minimum atomic E-state index is 0.597. The highest BCUT2D eigenvalue weighted by Crippen LogP contribution is 2.18. The van der Waals surface area contributed by atoms with Crippen molar-refractivity contribution < 1.29 is 9.53 Å². The third-order valence-electron chi connectivity index (χ3n) is 3.86. The zero-order valence-corrected chi connectivity index (χ0v) is 12.6. The fourth-order valence-corrected chi connectivity index (χ4v) is 2.74. The molecule has 0 aliphatic carbocycles. The van der Waals surface area contributed by atoms with E-state index in [0.717, 1.165) is 31.5 Å². The first kappa shape index (κ1) is 15.8. The molecular formula is C17H26N2O2. The number of carbonyl (C=O) groups is 1. The summed E-state index contributed by atoms with van der Waals surface area (Å²) in [6, 6.07) is 8.97. The van der Waals surface area contributed by atoms with E-state index in [9.17, 15) is 4.79 Å². The highest BCUT2D eigenvalue weighted by molar-refractivity contribution is 5.45. The van der Waals surface area contributed by atoms with Gasteiger partial charge in [0.25, 0.3) is 0 Å². The number of hydrogen-bond acceptors (Lipinski definition) is 3. The molecule has 0 aromatic heterocycles. The second kappa shape index (κ2) is 9.40. The smallest absolute Gasteiger partial charge is 0.207 e. The lowest BCUT2D eigenvalue weighted by molar-refractivity contribution is -0.109. The fourth-order valence-electron chi connectivity index (χ4n) is 2.74. The summed E-state index contributed by atoms with van der Waals surface area (Å²) in [5.74, 6) is 0.923. The molecule has 1 aliphatic heterocycles. The van der Waals surface area contributed by atoms with Crippen LogP contribution in [0.4, 0.5) is 0 Å². The normalized spacial score (nSPS) is 18.8. The van der Waals surface area contributed by atoms with Gasteiger partial charge in [-0.15, -0.1) is 0 Å². The van der Waals surface area contributed by atoms with Gasteiger partial charge in [-0.3, -0.25) is 4.79 Å². The highest BCUT2D eigenvalue weighted by Gasteiger charge is 2.12.